The van der Waals surface area contributed by atoms with Crippen molar-refractivity contribution >= 4 is 16.8 Å². The fraction of sp³-hybridized carbons (Fsp3) is 0.615. The van der Waals surface area contributed by atoms with Gasteiger partial charge in [-0.25, -0.2) is 4.39 Å². The minimum absolute atomic E-state index is 0.0727. The molecule has 1 aromatic heterocycles. The third-order valence-electron chi connectivity index (χ3n) is 13.6. The van der Waals surface area contributed by atoms with E-state index < -0.39 is 5.82 Å². The summed E-state index contributed by atoms with van der Waals surface area (Å²) in [5.74, 6) is 2.54. The number of hydrogen-bond donors (Lipinski definition) is 4. The Labute approximate surface area is 272 Å². The van der Waals surface area contributed by atoms with Crippen LogP contribution >= 0.6 is 0 Å². The number of rotatable bonds is 7. The monoisotopic (exact) mass is 627 g/mol. The number of aliphatic hydroxyl groups is 1. The maximum Gasteiger partial charge on any atom is 0.252 e. The summed E-state index contributed by atoms with van der Waals surface area (Å²) in [6.07, 6.45) is 12.0. The summed E-state index contributed by atoms with van der Waals surface area (Å²) in [4.78, 5) is 15.9. The summed E-state index contributed by atoms with van der Waals surface area (Å²) in [7, 11) is 0. The molecule has 4 fully saturated rings. The Bertz CT molecular complexity index is 1620. The van der Waals surface area contributed by atoms with E-state index >= 15 is 0 Å². The van der Waals surface area contributed by atoms with Crippen molar-refractivity contribution in [1.82, 2.24) is 15.6 Å². The van der Waals surface area contributed by atoms with Crippen LogP contribution in [-0.2, 0) is 17.7 Å². The number of hydrogen-bond acceptors (Lipinski definition) is 4. The van der Waals surface area contributed by atoms with Crippen molar-refractivity contribution in [3.8, 4) is 11.3 Å². The van der Waals surface area contributed by atoms with Crippen LogP contribution < -0.4 is 10.6 Å². The van der Waals surface area contributed by atoms with Crippen molar-refractivity contribution < 1.29 is 19.0 Å². The van der Waals surface area contributed by atoms with Crippen molar-refractivity contribution in [3.63, 3.8) is 0 Å². The van der Waals surface area contributed by atoms with Crippen LogP contribution in [0.1, 0.15) is 93.1 Å². The van der Waals surface area contributed by atoms with Crippen molar-refractivity contribution in [2.75, 3.05) is 19.7 Å². The lowest BCUT2D eigenvalue weighted by molar-refractivity contribution is -0.140. The molecule has 0 radical (unpaired) electrons. The lowest BCUT2D eigenvalue weighted by atomic mass is 9.45. The summed E-state index contributed by atoms with van der Waals surface area (Å²) in [6, 6.07) is 11.3. The van der Waals surface area contributed by atoms with E-state index in [-0.39, 0.29) is 12.0 Å². The van der Waals surface area contributed by atoms with Gasteiger partial charge >= 0.3 is 0 Å². The molecule has 3 aromatic rings. The summed E-state index contributed by atoms with van der Waals surface area (Å²) >= 11 is 0. The Morgan fingerprint density at radius 3 is 2.65 bits per heavy atom. The Kier molecular flexibility index (Phi) is 7.81. The Morgan fingerprint density at radius 1 is 1.00 bits per heavy atom. The van der Waals surface area contributed by atoms with E-state index in [9.17, 15) is 14.3 Å². The molecule has 4 saturated carbocycles. The number of benzene rings is 2. The topological polar surface area (TPSA) is 86.4 Å². The smallest absolute Gasteiger partial charge is 0.252 e. The maximum absolute atomic E-state index is 14.3. The van der Waals surface area contributed by atoms with Gasteiger partial charge in [0.1, 0.15) is 5.82 Å². The summed E-state index contributed by atoms with van der Waals surface area (Å²) in [5.41, 5.74) is 6.08. The molecule has 0 saturated heterocycles. The normalized spacial score (nSPS) is 35.3. The molecule has 46 heavy (non-hydrogen) atoms. The fourth-order valence-corrected chi connectivity index (χ4v) is 11.2. The highest BCUT2D eigenvalue weighted by molar-refractivity contribution is 6.10. The largest absolute Gasteiger partial charge is 0.393 e. The van der Waals surface area contributed by atoms with Gasteiger partial charge in [-0.05, 0) is 128 Å². The van der Waals surface area contributed by atoms with Crippen LogP contribution in [0, 0.1) is 40.3 Å². The van der Waals surface area contributed by atoms with Gasteiger partial charge in [0.05, 0.1) is 24.4 Å². The van der Waals surface area contributed by atoms with E-state index in [4.69, 9.17) is 4.74 Å². The summed E-state index contributed by atoms with van der Waals surface area (Å²) in [5, 5.41) is 17.7. The second kappa shape index (κ2) is 11.7. The lowest BCUT2D eigenvalue weighted by Crippen LogP contribution is -2.54. The molecule has 7 heteroatoms. The molecule has 6 nitrogen and oxygen atoms in total. The molecule has 0 bridgehead atoms. The van der Waals surface area contributed by atoms with Crippen LogP contribution in [-0.4, -0.2) is 47.9 Å². The molecule has 246 valence electrons. The predicted octanol–water partition coefficient (Wildman–Crippen LogP) is 7.14. The molecule has 8 rings (SSSR count). The highest BCUT2D eigenvalue weighted by atomic mass is 19.1. The molecule has 4 N–H and O–H groups in total. The second-order valence-corrected chi connectivity index (χ2v) is 15.8. The number of aromatic nitrogens is 1. The van der Waals surface area contributed by atoms with E-state index in [1.807, 2.05) is 0 Å². The summed E-state index contributed by atoms with van der Waals surface area (Å²) in [6.45, 7) is 7.99. The molecule has 0 spiro atoms. The van der Waals surface area contributed by atoms with Crippen molar-refractivity contribution in [2.24, 2.45) is 34.5 Å². The van der Waals surface area contributed by atoms with Gasteiger partial charge in [0.15, 0.2) is 0 Å². The van der Waals surface area contributed by atoms with Crippen molar-refractivity contribution in [3.05, 3.63) is 58.9 Å². The number of ether oxygens (including phenoxy) is 1. The Morgan fingerprint density at radius 2 is 1.80 bits per heavy atom. The first-order chi connectivity index (χ1) is 22.2. The van der Waals surface area contributed by atoms with Gasteiger partial charge < -0.3 is 25.5 Å². The van der Waals surface area contributed by atoms with E-state index in [1.165, 1.54) is 62.6 Å². The van der Waals surface area contributed by atoms with Gasteiger partial charge in [0.2, 0.25) is 0 Å². The minimum atomic E-state index is -0.406. The van der Waals surface area contributed by atoms with Crippen LogP contribution in [0.4, 0.5) is 4.39 Å². The number of nitrogens with one attached hydrogen (secondary N) is 3. The maximum atomic E-state index is 14.3. The minimum Gasteiger partial charge on any atom is -0.393 e. The molecule has 5 aliphatic rings. The molecular weight excluding hydrogens is 577 g/mol. The first-order valence-electron chi connectivity index (χ1n) is 18.0. The third kappa shape index (κ3) is 5.03. The number of aromatic amines is 1. The van der Waals surface area contributed by atoms with Crippen LogP contribution in [0.5, 0.6) is 0 Å². The first kappa shape index (κ1) is 30.6. The van der Waals surface area contributed by atoms with E-state index in [0.717, 1.165) is 72.5 Å². The number of halogens is 1. The number of aliphatic hydroxyl groups excluding tert-OH is 1. The molecule has 2 heterocycles. The van der Waals surface area contributed by atoms with Gasteiger partial charge in [0.25, 0.3) is 5.91 Å². The van der Waals surface area contributed by atoms with Crippen LogP contribution in [0.2, 0.25) is 0 Å². The van der Waals surface area contributed by atoms with E-state index in [2.05, 4.69) is 53.7 Å². The highest BCUT2D eigenvalue weighted by Gasteiger charge is 2.60. The fourth-order valence-electron chi connectivity index (χ4n) is 11.2. The zero-order valence-electron chi connectivity index (χ0n) is 27.5. The zero-order valence-corrected chi connectivity index (χ0v) is 27.5. The van der Waals surface area contributed by atoms with Gasteiger partial charge in [-0.3, -0.25) is 4.79 Å². The van der Waals surface area contributed by atoms with Gasteiger partial charge in [0, 0.05) is 36.2 Å². The third-order valence-corrected chi connectivity index (χ3v) is 13.6. The van der Waals surface area contributed by atoms with Gasteiger partial charge in [-0.2, -0.15) is 0 Å². The molecular formula is C39H50FN3O3. The summed E-state index contributed by atoms with van der Waals surface area (Å²) < 4.78 is 20.9. The first-order valence-corrected chi connectivity index (χ1v) is 18.0. The van der Waals surface area contributed by atoms with E-state index in [0.29, 0.717) is 46.9 Å². The van der Waals surface area contributed by atoms with Gasteiger partial charge in [-0.1, -0.05) is 38.1 Å². The number of H-pyrrole nitrogens is 1. The van der Waals surface area contributed by atoms with E-state index in [1.54, 1.807) is 0 Å². The van der Waals surface area contributed by atoms with Crippen LogP contribution in [0.15, 0.2) is 36.4 Å². The number of amides is 1. The predicted molar refractivity (Wildman–Crippen MR) is 179 cm³/mol. The van der Waals surface area contributed by atoms with Crippen molar-refractivity contribution in [1.29, 1.82) is 0 Å². The Hall–Kier alpha value is -2.74. The highest BCUT2D eigenvalue weighted by Crippen LogP contribution is 2.66. The number of carbonyl (C=O) groups is 1. The average molecular weight is 628 g/mol. The average Bonchev–Trinajstić information content (AvgIpc) is 3.52. The standard InChI is InChI=1S/C39H50FN3O3/c1-38-14-11-27(44)19-25(38)7-8-28-31-9-10-34(39(31,2)15-12-32(28)38)46-18-17-41-22-23-3-5-24(6-4-23)36-29-13-16-42-37(45)30-20-26(40)21-33(43-36)35(29)30/h3-6,20-21,25,27-28,31-32,34,41,43-44H,7-19,22H2,1-2H3,(H,42,45)/t25-,27?,28-,31-,32-,34-,38-,39-/m0/s1. The molecule has 8 atom stereocenters. The molecule has 2 aromatic carbocycles. The van der Waals surface area contributed by atoms with Crippen molar-refractivity contribution in [2.45, 2.75) is 96.8 Å². The second-order valence-electron chi connectivity index (χ2n) is 15.8. The lowest BCUT2D eigenvalue weighted by Gasteiger charge is -2.60. The number of carbonyl (C=O) groups excluding carboxylic acids is 1. The quantitative estimate of drug-likeness (QED) is 0.210. The molecule has 4 aliphatic carbocycles. The SMILES string of the molecule is C[C@]12CCC(O)C[C@@H]1CC[C@@H]1[C@@H]2CC[C@]2(C)[C@@H](OCCNCc3ccc(-c4[nH]c5cc(F)cc6c5c4CCNC6=O)cc3)CC[C@@H]12. The molecule has 1 aliphatic heterocycles. The van der Waals surface area contributed by atoms with Crippen LogP contribution in [0.3, 0.4) is 0 Å². The zero-order chi connectivity index (χ0) is 31.6. The number of fused-ring (bicyclic) bond motifs is 5. The molecule has 1 unspecified atom stereocenters. The van der Waals surface area contributed by atoms with Crippen LogP contribution in [0.25, 0.3) is 22.2 Å². The molecule has 1 amide bonds. The Balaban J connectivity index is 0.857. The van der Waals surface area contributed by atoms with Gasteiger partial charge in [-0.15, -0.1) is 0 Å².